The van der Waals surface area contributed by atoms with Gasteiger partial charge in [0.15, 0.2) is 9.84 Å². The highest BCUT2D eigenvalue weighted by Crippen LogP contribution is 2.28. The molecule has 0 saturated heterocycles. The first-order valence-electron chi connectivity index (χ1n) is 7.11. The van der Waals surface area contributed by atoms with Gasteiger partial charge >= 0.3 is 0 Å². The van der Waals surface area contributed by atoms with Gasteiger partial charge in [0.2, 0.25) is 0 Å². The maximum absolute atomic E-state index is 11.8. The van der Waals surface area contributed by atoms with Gasteiger partial charge in [-0.2, -0.15) is 0 Å². The van der Waals surface area contributed by atoms with Gasteiger partial charge in [0.1, 0.15) is 0 Å². The molecule has 0 spiro atoms. The lowest BCUT2D eigenvalue weighted by atomic mass is 10.1. The highest BCUT2D eigenvalue weighted by Gasteiger charge is 2.12. The molecule has 0 saturated carbocycles. The van der Waals surface area contributed by atoms with E-state index >= 15 is 0 Å². The van der Waals surface area contributed by atoms with E-state index < -0.39 is 9.84 Å². The van der Waals surface area contributed by atoms with E-state index in [-0.39, 0.29) is 0 Å². The van der Waals surface area contributed by atoms with Crippen LogP contribution in [0.4, 0.5) is 0 Å². The summed E-state index contributed by atoms with van der Waals surface area (Å²) in [5, 5.41) is 0.683. The number of hydrogen-bond donors (Lipinski definition) is 0. The summed E-state index contributed by atoms with van der Waals surface area (Å²) >= 11 is 5.96. The Hall–Kier alpha value is -2.04. The Morgan fingerprint density at radius 3 is 2.30 bits per heavy atom. The Kier molecular flexibility index (Phi) is 4.04. The van der Waals surface area contributed by atoms with E-state index in [1.807, 2.05) is 54.0 Å². The summed E-state index contributed by atoms with van der Waals surface area (Å²) in [6.07, 6.45) is 1.22. The molecular formula is C18H16ClNO2S. The number of aryl methyl sites for hydroxylation is 1. The van der Waals surface area contributed by atoms with Crippen LogP contribution in [-0.4, -0.2) is 19.2 Å². The van der Waals surface area contributed by atoms with Gasteiger partial charge in [-0.3, -0.25) is 0 Å². The molecule has 0 aliphatic heterocycles. The van der Waals surface area contributed by atoms with Crippen LogP contribution in [0.2, 0.25) is 5.02 Å². The van der Waals surface area contributed by atoms with Gasteiger partial charge in [-0.25, -0.2) is 8.42 Å². The zero-order chi connectivity index (χ0) is 16.6. The molecule has 5 heteroatoms. The van der Waals surface area contributed by atoms with Gasteiger partial charge in [0.25, 0.3) is 0 Å². The van der Waals surface area contributed by atoms with Crippen LogP contribution in [0.15, 0.2) is 65.6 Å². The average molecular weight is 346 g/mol. The predicted octanol–water partition coefficient (Wildman–Crippen LogP) is 4.51. The van der Waals surface area contributed by atoms with Crippen molar-refractivity contribution in [2.75, 3.05) is 6.26 Å². The van der Waals surface area contributed by atoms with Crippen molar-refractivity contribution in [2.45, 2.75) is 11.8 Å². The molecule has 1 heterocycles. The first-order valence-corrected chi connectivity index (χ1v) is 9.38. The third kappa shape index (κ3) is 3.19. The fourth-order valence-corrected chi connectivity index (χ4v) is 3.37. The number of aromatic nitrogens is 1. The zero-order valence-corrected chi connectivity index (χ0v) is 14.4. The quantitative estimate of drug-likeness (QED) is 0.700. The third-order valence-electron chi connectivity index (χ3n) is 3.72. The van der Waals surface area contributed by atoms with E-state index in [1.54, 1.807) is 18.2 Å². The number of benzene rings is 2. The van der Waals surface area contributed by atoms with Crippen LogP contribution < -0.4 is 0 Å². The highest BCUT2D eigenvalue weighted by atomic mass is 35.5. The number of rotatable bonds is 3. The molecule has 0 bridgehead atoms. The van der Waals surface area contributed by atoms with Gasteiger partial charge in [0.05, 0.1) is 10.6 Å². The minimum Gasteiger partial charge on any atom is -0.314 e. The van der Waals surface area contributed by atoms with Crippen LogP contribution in [0.5, 0.6) is 0 Å². The molecule has 0 unspecified atom stereocenters. The molecule has 3 rings (SSSR count). The second-order valence-corrected chi connectivity index (χ2v) is 7.92. The summed E-state index contributed by atoms with van der Waals surface area (Å²) in [5.74, 6) is 0. The van der Waals surface area contributed by atoms with Gasteiger partial charge in [-0.15, -0.1) is 0 Å². The first kappa shape index (κ1) is 15.8. The van der Waals surface area contributed by atoms with E-state index in [0.717, 1.165) is 22.6 Å². The van der Waals surface area contributed by atoms with E-state index in [4.69, 9.17) is 11.6 Å². The highest BCUT2D eigenvalue weighted by molar-refractivity contribution is 7.90. The van der Waals surface area contributed by atoms with Crippen molar-refractivity contribution in [3.63, 3.8) is 0 Å². The number of hydrogen-bond acceptors (Lipinski definition) is 2. The summed E-state index contributed by atoms with van der Waals surface area (Å²) in [7, 11) is -3.24. The fraction of sp³-hybridized carbons (Fsp3) is 0.111. The lowest BCUT2D eigenvalue weighted by Crippen LogP contribution is -2.02. The van der Waals surface area contributed by atoms with Crippen molar-refractivity contribution < 1.29 is 8.42 Å². The Morgan fingerprint density at radius 2 is 1.65 bits per heavy atom. The van der Waals surface area contributed by atoms with Crippen LogP contribution in [-0.2, 0) is 9.84 Å². The summed E-state index contributed by atoms with van der Waals surface area (Å²) < 4.78 is 25.7. The maximum atomic E-state index is 11.8. The van der Waals surface area contributed by atoms with Gasteiger partial charge in [0, 0.05) is 22.7 Å². The average Bonchev–Trinajstić information content (AvgIpc) is 2.89. The Labute approximate surface area is 141 Å². The number of sulfone groups is 1. The summed E-state index contributed by atoms with van der Waals surface area (Å²) in [6.45, 7) is 1.99. The Bertz CT molecular complexity index is 957. The molecule has 0 fully saturated rings. The zero-order valence-electron chi connectivity index (χ0n) is 12.8. The van der Waals surface area contributed by atoms with E-state index in [1.165, 1.54) is 6.26 Å². The third-order valence-corrected chi connectivity index (χ3v) is 5.08. The normalized spacial score (nSPS) is 11.6. The molecule has 0 aliphatic rings. The minimum absolute atomic E-state index is 0.310. The number of nitrogens with zero attached hydrogens (tertiary/aromatic N) is 1. The van der Waals surface area contributed by atoms with Crippen LogP contribution in [0.25, 0.3) is 16.9 Å². The largest absolute Gasteiger partial charge is 0.314 e. The van der Waals surface area contributed by atoms with E-state index in [2.05, 4.69) is 0 Å². The van der Waals surface area contributed by atoms with Crippen molar-refractivity contribution >= 4 is 21.4 Å². The molecule has 2 aromatic carbocycles. The number of halogens is 1. The van der Waals surface area contributed by atoms with Crippen molar-refractivity contribution in [3.8, 4) is 16.9 Å². The van der Waals surface area contributed by atoms with Crippen molar-refractivity contribution in [1.29, 1.82) is 0 Å². The predicted molar refractivity (Wildman–Crippen MR) is 94.1 cm³/mol. The van der Waals surface area contributed by atoms with Gasteiger partial charge in [-0.05, 0) is 55.0 Å². The molecule has 0 radical (unpaired) electrons. The molecule has 0 N–H and O–H groups in total. The molecular weight excluding hydrogens is 330 g/mol. The van der Waals surface area contributed by atoms with Crippen LogP contribution >= 0.6 is 11.6 Å². The molecule has 0 atom stereocenters. The molecule has 0 aliphatic carbocycles. The first-order chi connectivity index (χ1) is 10.9. The van der Waals surface area contributed by atoms with Gasteiger partial charge < -0.3 is 4.57 Å². The SMILES string of the molecule is Cc1ccc(-c2ccc(Cl)cc2)n1-c1cccc(S(C)(=O)=O)c1. The standard InChI is InChI=1S/C18H16ClNO2S/c1-13-6-11-18(14-7-9-15(19)10-8-14)20(13)16-4-3-5-17(12-16)23(2,21)22/h3-12H,1-2H3. The molecule has 1 aromatic heterocycles. The van der Waals surface area contributed by atoms with Crippen molar-refractivity contribution in [3.05, 3.63) is 71.4 Å². The van der Waals surface area contributed by atoms with Crippen LogP contribution in [0.3, 0.4) is 0 Å². The fourth-order valence-electron chi connectivity index (χ4n) is 2.58. The molecule has 3 aromatic rings. The van der Waals surface area contributed by atoms with E-state index in [9.17, 15) is 8.42 Å². The minimum atomic E-state index is -3.24. The maximum Gasteiger partial charge on any atom is 0.175 e. The Morgan fingerprint density at radius 1 is 0.957 bits per heavy atom. The topological polar surface area (TPSA) is 39.1 Å². The summed E-state index contributed by atoms with van der Waals surface area (Å²) in [6, 6.07) is 18.6. The van der Waals surface area contributed by atoms with Crippen LogP contribution in [0, 0.1) is 6.92 Å². The molecule has 0 amide bonds. The summed E-state index contributed by atoms with van der Waals surface area (Å²) in [4.78, 5) is 0.310. The lowest BCUT2D eigenvalue weighted by Gasteiger charge is -2.13. The van der Waals surface area contributed by atoms with Crippen molar-refractivity contribution in [1.82, 2.24) is 4.57 Å². The van der Waals surface area contributed by atoms with Crippen molar-refractivity contribution in [2.24, 2.45) is 0 Å². The second-order valence-electron chi connectivity index (χ2n) is 5.47. The van der Waals surface area contributed by atoms with E-state index in [0.29, 0.717) is 9.92 Å². The summed E-state index contributed by atoms with van der Waals surface area (Å²) in [5.41, 5.74) is 3.86. The smallest absolute Gasteiger partial charge is 0.175 e. The Balaban J connectivity index is 2.18. The molecule has 3 nitrogen and oxygen atoms in total. The molecule has 118 valence electrons. The molecule has 23 heavy (non-hydrogen) atoms. The van der Waals surface area contributed by atoms with Crippen LogP contribution in [0.1, 0.15) is 5.69 Å². The van der Waals surface area contributed by atoms with Gasteiger partial charge in [-0.1, -0.05) is 29.8 Å². The monoisotopic (exact) mass is 345 g/mol. The second kappa shape index (κ2) is 5.87. The lowest BCUT2D eigenvalue weighted by molar-refractivity contribution is 0.602.